The third kappa shape index (κ3) is 2.24. The molecule has 0 aromatic heterocycles. The van der Waals surface area contributed by atoms with Gasteiger partial charge in [-0.05, 0) is 24.3 Å². The fourth-order valence-corrected chi connectivity index (χ4v) is 1.15. The summed E-state index contributed by atoms with van der Waals surface area (Å²) in [6, 6.07) is 5.66. The van der Waals surface area contributed by atoms with Crippen LogP contribution in [0, 0.1) is 6.57 Å². The average molecular weight is 210 g/mol. The molecule has 0 aliphatic carbocycles. The molecule has 0 saturated carbocycles. The Morgan fingerprint density at radius 3 is 2.50 bits per heavy atom. The quantitative estimate of drug-likeness (QED) is 0.554. The summed E-state index contributed by atoms with van der Waals surface area (Å²) in [4.78, 5) is 14.4. The van der Waals surface area contributed by atoms with Gasteiger partial charge in [0.1, 0.15) is 0 Å². The molecule has 0 N–H and O–H groups in total. The van der Waals surface area contributed by atoms with Gasteiger partial charge in [0.05, 0.1) is 7.11 Å². The van der Waals surface area contributed by atoms with Crippen LogP contribution in [0.15, 0.2) is 24.3 Å². The lowest BCUT2D eigenvalue weighted by Crippen LogP contribution is -2.10. The van der Waals surface area contributed by atoms with E-state index in [2.05, 4.69) is 9.58 Å². The van der Waals surface area contributed by atoms with Crippen molar-refractivity contribution in [2.24, 2.45) is 0 Å². The lowest BCUT2D eigenvalue weighted by atomic mass is 10.1. The predicted molar refractivity (Wildman–Crippen MR) is 52.8 cm³/mol. The summed E-state index contributed by atoms with van der Waals surface area (Å²) < 4.78 is 4.50. The van der Waals surface area contributed by atoms with E-state index in [1.165, 1.54) is 7.11 Å². The van der Waals surface area contributed by atoms with Crippen molar-refractivity contribution in [2.75, 3.05) is 7.11 Å². The van der Waals surface area contributed by atoms with Crippen LogP contribution in [0.4, 0.5) is 0 Å². The standard InChI is InChI=1S/C10H8ClNO2/c1-12-9(10(13)14-2)7-3-5-8(11)6-4-7/h3-6,9H,2H3. The third-order valence-electron chi connectivity index (χ3n) is 1.74. The summed E-state index contributed by atoms with van der Waals surface area (Å²) >= 11 is 5.68. The Kier molecular flexibility index (Phi) is 3.49. The number of carbonyl (C=O) groups is 1. The van der Waals surface area contributed by atoms with Crippen LogP contribution in [-0.4, -0.2) is 13.1 Å². The highest BCUT2D eigenvalue weighted by atomic mass is 35.5. The monoisotopic (exact) mass is 209 g/mol. The van der Waals surface area contributed by atoms with Crippen LogP contribution in [0.3, 0.4) is 0 Å². The van der Waals surface area contributed by atoms with Gasteiger partial charge in [0.2, 0.25) is 0 Å². The van der Waals surface area contributed by atoms with Gasteiger partial charge in [0.25, 0.3) is 0 Å². The van der Waals surface area contributed by atoms with Gasteiger partial charge in [-0.2, -0.15) is 0 Å². The minimum atomic E-state index is -0.891. The summed E-state index contributed by atoms with van der Waals surface area (Å²) in [5, 5.41) is 0.572. The average Bonchev–Trinajstić information content (AvgIpc) is 2.21. The smallest absolute Gasteiger partial charge is 0.395 e. The zero-order valence-corrected chi connectivity index (χ0v) is 8.28. The molecule has 1 rings (SSSR count). The second-order valence-corrected chi connectivity index (χ2v) is 3.04. The molecule has 0 heterocycles. The van der Waals surface area contributed by atoms with Crippen LogP contribution in [0.2, 0.25) is 5.02 Å². The van der Waals surface area contributed by atoms with Crippen molar-refractivity contribution in [2.45, 2.75) is 6.04 Å². The second kappa shape index (κ2) is 4.64. The summed E-state index contributed by atoms with van der Waals surface area (Å²) in [7, 11) is 1.26. The topological polar surface area (TPSA) is 30.7 Å². The molecule has 0 fully saturated rings. The first-order chi connectivity index (χ1) is 6.69. The Morgan fingerprint density at radius 1 is 1.50 bits per heavy atom. The van der Waals surface area contributed by atoms with Crippen molar-refractivity contribution >= 4 is 17.6 Å². The van der Waals surface area contributed by atoms with Gasteiger partial charge < -0.3 is 4.74 Å². The first kappa shape index (κ1) is 10.6. The predicted octanol–water partition coefficient (Wildman–Crippen LogP) is 2.47. The number of benzene rings is 1. The molecule has 3 nitrogen and oxygen atoms in total. The summed E-state index contributed by atoms with van der Waals surface area (Å²) in [5.74, 6) is -0.553. The van der Waals surface area contributed by atoms with Gasteiger partial charge in [-0.25, -0.2) is 11.4 Å². The molecule has 14 heavy (non-hydrogen) atoms. The fraction of sp³-hybridized carbons (Fsp3) is 0.200. The van der Waals surface area contributed by atoms with Crippen LogP contribution in [0.25, 0.3) is 4.85 Å². The van der Waals surface area contributed by atoms with Crippen molar-refractivity contribution in [1.82, 2.24) is 0 Å². The molecule has 0 aliphatic heterocycles. The maximum atomic E-state index is 11.2. The van der Waals surface area contributed by atoms with E-state index in [0.29, 0.717) is 10.6 Å². The van der Waals surface area contributed by atoms with Gasteiger partial charge in [-0.3, -0.25) is 4.85 Å². The minimum absolute atomic E-state index is 0.553. The Labute approximate surface area is 87.1 Å². The number of hydrogen-bond acceptors (Lipinski definition) is 2. The van der Waals surface area contributed by atoms with E-state index in [4.69, 9.17) is 18.2 Å². The first-order valence-corrected chi connectivity index (χ1v) is 4.26. The molecule has 4 heteroatoms. The molecule has 1 aromatic carbocycles. The maximum Gasteiger partial charge on any atom is 0.395 e. The van der Waals surface area contributed by atoms with Crippen LogP contribution < -0.4 is 0 Å². The molecule has 72 valence electrons. The SMILES string of the molecule is [C-]#[N+]C(C(=O)OC)c1ccc(Cl)cc1. The van der Waals surface area contributed by atoms with Gasteiger partial charge in [0, 0.05) is 10.6 Å². The van der Waals surface area contributed by atoms with Crippen molar-refractivity contribution in [3.05, 3.63) is 46.3 Å². The Balaban J connectivity index is 2.97. The highest BCUT2D eigenvalue weighted by Gasteiger charge is 2.26. The normalized spacial score (nSPS) is 11.5. The number of ether oxygens (including phenoxy) is 1. The Morgan fingerprint density at radius 2 is 2.07 bits per heavy atom. The van der Waals surface area contributed by atoms with Crippen LogP contribution in [-0.2, 0) is 9.53 Å². The molecule has 0 aliphatic rings. The molecule has 0 spiro atoms. The zero-order chi connectivity index (χ0) is 10.6. The van der Waals surface area contributed by atoms with E-state index in [0.717, 1.165) is 0 Å². The van der Waals surface area contributed by atoms with Gasteiger partial charge in [-0.1, -0.05) is 11.6 Å². The highest BCUT2D eigenvalue weighted by Crippen LogP contribution is 2.20. The van der Waals surface area contributed by atoms with Gasteiger partial charge in [0.15, 0.2) is 0 Å². The van der Waals surface area contributed by atoms with Crippen molar-refractivity contribution < 1.29 is 9.53 Å². The van der Waals surface area contributed by atoms with Gasteiger partial charge in [-0.15, -0.1) is 0 Å². The van der Waals surface area contributed by atoms with Crippen molar-refractivity contribution in [3.8, 4) is 0 Å². The highest BCUT2D eigenvalue weighted by molar-refractivity contribution is 6.30. The van der Waals surface area contributed by atoms with Crippen LogP contribution in [0.5, 0.6) is 0 Å². The third-order valence-corrected chi connectivity index (χ3v) is 1.99. The second-order valence-electron chi connectivity index (χ2n) is 2.61. The number of nitrogens with zero attached hydrogens (tertiary/aromatic N) is 1. The molecular formula is C10H8ClNO2. The molecule has 1 atom stereocenters. The molecular weight excluding hydrogens is 202 g/mol. The number of halogens is 1. The Bertz CT molecular complexity index is 367. The van der Waals surface area contributed by atoms with Crippen LogP contribution in [0.1, 0.15) is 11.6 Å². The number of methoxy groups -OCH3 is 1. The number of rotatable bonds is 2. The van der Waals surface area contributed by atoms with E-state index in [9.17, 15) is 4.79 Å². The summed E-state index contributed by atoms with van der Waals surface area (Å²) in [5.41, 5.74) is 0.594. The lowest BCUT2D eigenvalue weighted by molar-refractivity contribution is -0.141. The largest absolute Gasteiger partial charge is 0.463 e. The van der Waals surface area contributed by atoms with Gasteiger partial charge >= 0.3 is 12.0 Å². The minimum Gasteiger partial charge on any atom is -0.463 e. The number of carbonyl (C=O) groups excluding carboxylic acids is 1. The van der Waals surface area contributed by atoms with Crippen molar-refractivity contribution in [1.29, 1.82) is 0 Å². The van der Waals surface area contributed by atoms with E-state index in [-0.39, 0.29) is 0 Å². The molecule has 0 saturated heterocycles. The lowest BCUT2D eigenvalue weighted by Gasteiger charge is -2.02. The van der Waals surface area contributed by atoms with Crippen molar-refractivity contribution in [3.63, 3.8) is 0 Å². The molecule has 0 radical (unpaired) electrons. The van der Waals surface area contributed by atoms with E-state index < -0.39 is 12.0 Å². The number of hydrogen-bond donors (Lipinski definition) is 0. The maximum absolute atomic E-state index is 11.2. The zero-order valence-electron chi connectivity index (χ0n) is 7.53. The van der Waals surface area contributed by atoms with E-state index in [1.807, 2.05) is 0 Å². The molecule has 1 unspecified atom stereocenters. The van der Waals surface area contributed by atoms with Crippen LogP contribution >= 0.6 is 11.6 Å². The Hall–Kier alpha value is -1.53. The van der Waals surface area contributed by atoms with E-state index in [1.54, 1.807) is 24.3 Å². The fourth-order valence-electron chi connectivity index (χ4n) is 1.02. The molecule has 1 aromatic rings. The summed E-state index contributed by atoms with van der Waals surface area (Å²) in [6.45, 7) is 6.88. The van der Waals surface area contributed by atoms with E-state index >= 15 is 0 Å². The molecule has 0 amide bonds. The molecule has 0 bridgehead atoms. The first-order valence-electron chi connectivity index (χ1n) is 3.89. The summed E-state index contributed by atoms with van der Waals surface area (Å²) in [6.07, 6.45) is 0. The number of esters is 1.